The number of imidazole rings is 1. The summed E-state index contributed by atoms with van der Waals surface area (Å²) in [7, 11) is 2.18. The highest BCUT2D eigenvalue weighted by Crippen LogP contribution is 2.41. The number of para-hydroxylation sites is 2. The van der Waals surface area contributed by atoms with Crippen molar-refractivity contribution >= 4 is 16.9 Å². The van der Waals surface area contributed by atoms with Crippen LogP contribution < -0.4 is 0 Å². The molecule has 212 valence electrons. The van der Waals surface area contributed by atoms with E-state index < -0.39 is 11.9 Å². The van der Waals surface area contributed by atoms with E-state index in [9.17, 15) is 14.3 Å². The Balaban J connectivity index is 1.25. The van der Waals surface area contributed by atoms with Crippen LogP contribution in [0.3, 0.4) is 0 Å². The second-order valence-corrected chi connectivity index (χ2v) is 11.6. The molecule has 1 amide bonds. The molecule has 7 heteroatoms. The minimum Gasteiger partial charge on any atom is -0.508 e. The molecule has 2 aliphatic heterocycles. The predicted octanol–water partition coefficient (Wildman–Crippen LogP) is 6.94. The number of rotatable bonds is 5. The Hall–Kier alpha value is -4.49. The topological polar surface area (TPSA) is 72.5 Å². The lowest BCUT2D eigenvalue weighted by atomic mass is 9.87. The van der Waals surface area contributed by atoms with Crippen LogP contribution in [-0.2, 0) is 6.54 Å². The summed E-state index contributed by atoms with van der Waals surface area (Å²) in [5.74, 6) is 0.311. The van der Waals surface area contributed by atoms with Crippen molar-refractivity contribution < 1.29 is 14.3 Å². The van der Waals surface area contributed by atoms with E-state index in [0.717, 1.165) is 46.4 Å². The summed E-state index contributed by atoms with van der Waals surface area (Å²) in [6, 6.07) is 23.5. The molecule has 1 aromatic heterocycles. The number of hydrogen-bond donors (Lipinski definition) is 2. The van der Waals surface area contributed by atoms with Crippen molar-refractivity contribution in [3.05, 3.63) is 118 Å². The zero-order valence-electron chi connectivity index (χ0n) is 23.8. The van der Waals surface area contributed by atoms with E-state index in [1.807, 2.05) is 37.3 Å². The lowest BCUT2D eigenvalue weighted by Crippen LogP contribution is -2.31. The summed E-state index contributed by atoms with van der Waals surface area (Å²) >= 11 is 0. The first-order chi connectivity index (χ1) is 20.4. The van der Waals surface area contributed by atoms with E-state index in [2.05, 4.69) is 47.3 Å². The fraction of sp³-hybridized carbons (Fsp3) is 0.257. The highest BCUT2D eigenvalue weighted by Gasteiger charge is 2.38. The van der Waals surface area contributed by atoms with Crippen LogP contribution in [0.15, 0.2) is 78.9 Å². The van der Waals surface area contributed by atoms with Gasteiger partial charge in [0, 0.05) is 17.7 Å². The Bertz CT molecular complexity index is 1770. The van der Waals surface area contributed by atoms with Crippen molar-refractivity contribution in [2.75, 3.05) is 20.1 Å². The minimum absolute atomic E-state index is 0.0901. The lowest BCUT2D eigenvalue weighted by Gasteiger charge is -2.29. The number of likely N-dealkylation sites (tertiary alicyclic amines) is 1. The zero-order valence-corrected chi connectivity index (χ0v) is 23.8. The fourth-order valence-electron chi connectivity index (χ4n) is 6.70. The summed E-state index contributed by atoms with van der Waals surface area (Å²) in [5.41, 5.74) is 7.78. The molecule has 7 rings (SSSR count). The van der Waals surface area contributed by atoms with E-state index in [0.29, 0.717) is 23.9 Å². The largest absolute Gasteiger partial charge is 0.508 e. The molecule has 0 spiro atoms. The molecule has 42 heavy (non-hydrogen) atoms. The minimum atomic E-state index is -0.801. The first-order valence-electron chi connectivity index (χ1n) is 14.5. The van der Waals surface area contributed by atoms with Gasteiger partial charge >= 0.3 is 0 Å². The van der Waals surface area contributed by atoms with E-state index in [-0.39, 0.29) is 17.2 Å². The van der Waals surface area contributed by atoms with Gasteiger partial charge in [-0.1, -0.05) is 48.5 Å². The van der Waals surface area contributed by atoms with Crippen LogP contribution in [0.25, 0.3) is 22.2 Å². The molecular weight excluding hydrogens is 527 g/mol. The Kier molecular flexibility index (Phi) is 6.54. The molecule has 5 aromatic rings. The summed E-state index contributed by atoms with van der Waals surface area (Å²) in [4.78, 5) is 26.3. The molecule has 1 atom stereocenters. The molecule has 0 saturated carbocycles. The number of H-pyrrole nitrogens is 1. The van der Waals surface area contributed by atoms with Crippen molar-refractivity contribution in [3.8, 4) is 16.9 Å². The Labute approximate surface area is 244 Å². The van der Waals surface area contributed by atoms with Crippen LogP contribution in [0.2, 0.25) is 0 Å². The molecule has 2 N–H and O–H groups in total. The third kappa shape index (κ3) is 4.54. The maximum Gasteiger partial charge on any atom is 0.255 e. The van der Waals surface area contributed by atoms with E-state index in [4.69, 9.17) is 4.98 Å². The van der Waals surface area contributed by atoms with Gasteiger partial charge in [0.1, 0.15) is 23.4 Å². The number of carbonyl (C=O) groups is 1. The number of nitrogens with one attached hydrogen (secondary N) is 1. The number of aromatic hydroxyl groups is 1. The molecule has 3 heterocycles. The van der Waals surface area contributed by atoms with E-state index in [1.54, 1.807) is 4.90 Å². The van der Waals surface area contributed by atoms with Crippen LogP contribution in [0.4, 0.5) is 4.39 Å². The Morgan fingerprint density at radius 3 is 2.52 bits per heavy atom. The van der Waals surface area contributed by atoms with Crippen LogP contribution in [0.1, 0.15) is 63.2 Å². The number of nitrogens with zero attached hydrogens (tertiary/aromatic N) is 3. The maximum absolute atomic E-state index is 14.5. The van der Waals surface area contributed by atoms with Gasteiger partial charge in [-0.25, -0.2) is 9.37 Å². The summed E-state index contributed by atoms with van der Waals surface area (Å²) in [5, 5.41) is 10.8. The number of carbonyl (C=O) groups excluding carboxylic acids is 1. The Morgan fingerprint density at radius 1 is 1.00 bits per heavy atom. The van der Waals surface area contributed by atoms with Gasteiger partial charge in [-0.2, -0.15) is 0 Å². The van der Waals surface area contributed by atoms with Crippen molar-refractivity contribution in [1.29, 1.82) is 0 Å². The number of phenolic OH excluding ortho intramolecular Hbond substituents is 1. The van der Waals surface area contributed by atoms with E-state index in [1.165, 1.54) is 36.6 Å². The summed E-state index contributed by atoms with van der Waals surface area (Å²) in [6.07, 6.45) is 2.34. The normalized spacial score (nSPS) is 16.7. The standard InChI is InChI=1S/C35H33FN4O2/c1-21-27(24-9-7-22(8-10-24)23-15-17-39(2)18-16-23)13-11-25-20-40(35(42)32(21)25)33(28-19-26(36)12-14-31(28)41)34-37-29-5-3-4-6-30(29)38-34/h3-14,19,23,33,41H,15-18,20H2,1-2H3,(H,37,38). The van der Waals surface area contributed by atoms with Gasteiger partial charge in [0.2, 0.25) is 0 Å². The number of benzene rings is 4. The second kappa shape index (κ2) is 10.4. The number of amides is 1. The van der Waals surface area contributed by atoms with Crippen LogP contribution in [0, 0.1) is 12.7 Å². The number of phenols is 1. The van der Waals surface area contributed by atoms with Crippen molar-refractivity contribution in [2.45, 2.75) is 38.3 Å². The smallest absolute Gasteiger partial charge is 0.255 e. The van der Waals surface area contributed by atoms with E-state index >= 15 is 0 Å². The summed E-state index contributed by atoms with van der Waals surface area (Å²) in [6.45, 7) is 4.56. The molecular formula is C35H33FN4O2. The second-order valence-electron chi connectivity index (χ2n) is 11.6. The number of hydrogen-bond acceptors (Lipinski definition) is 4. The van der Waals surface area contributed by atoms with Crippen molar-refractivity contribution in [3.63, 3.8) is 0 Å². The van der Waals surface area contributed by atoms with Gasteiger partial charge in [0.25, 0.3) is 5.91 Å². The van der Waals surface area contributed by atoms with Gasteiger partial charge in [-0.05, 0) is 104 Å². The molecule has 0 radical (unpaired) electrons. The quantitative estimate of drug-likeness (QED) is 0.244. The molecule has 1 saturated heterocycles. The van der Waals surface area contributed by atoms with Crippen molar-refractivity contribution in [2.24, 2.45) is 0 Å². The number of aromatic amines is 1. The van der Waals surface area contributed by atoms with Gasteiger partial charge in [0.15, 0.2) is 0 Å². The summed E-state index contributed by atoms with van der Waals surface area (Å²) < 4.78 is 14.5. The predicted molar refractivity (Wildman–Crippen MR) is 162 cm³/mol. The van der Waals surface area contributed by atoms with Gasteiger partial charge in [-0.15, -0.1) is 0 Å². The third-order valence-corrected chi connectivity index (χ3v) is 9.04. The molecule has 6 nitrogen and oxygen atoms in total. The molecule has 4 aromatic carbocycles. The first kappa shape index (κ1) is 26.4. The van der Waals surface area contributed by atoms with Gasteiger partial charge in [-0.3, -0.25) is 4.79 Å². The zero-order chi connectivity index (χ0) is 29.0. The fourth-order valence-corrected chi connectivity index (χ4v) is 6.70. The average molecular weight is 561 g/mol. The molecule has 0 bridgehead atoms. The number of fused-ring (bicyclic) bond motifs is 2. The van der Waals surface area contributed by atoms with Gasteiger partial charge in [0.05, 0.1) is 11.0 Å². The van der Waals surface area contributed by atoms with Gasteiger partial charge < -0.3 is 19.9 Å². The van der Waals surface area contributed by atoms with Crippen molar-refractivity contribution in [1.82, 2.24) is 19.8 Å². The Morgan fingerprint density at radius 2 is 1.76 bits per heavy atom. The molecule has 1 unspecified atom stereocenters. The highest BCUT2D eigenvalue weighted by molar-refractivity contribution is 6.02. The highest BCUT2D eigenvalue weighted by atomic mass is 19.1. The maximum atomic E-state index is 14.5. The van der Waals surface area contributed by atoms with Crippen LogP contribution in [0.5, 0.6) is 5.75 Å². The monoisotopic (exact) mass is 560 g/mol. The first-order valence-corrected chi connectivity index (χ1v) is 14.5. The number of piperidine rings is 1. The molecule has 0 aliphatic carbocycles. The number of aromatic nitrogens is 2. The lowest BCUT2D eigenvalue weighted by molar-refractivity contribution is 0.0723. The molecule has 1 fully saturated rings. The third-order valence-electron chi connectivity index (χ3n) is 9.04. The number of halogens is 1. The van der Waals surface area contributed by atoms with Crippen LogP contribution >= 0.6 is 0 Å². The van der Waals surface area contributed by atoms with Crippen LogP contribution in [-0.4, -0.2) is 50.9 Å². The SMILES string of the molecule is Cc1c(-c2ccc(C3CCN(C)CC3)cc2)ccc2c1C(=O)N(C(c1nc3ccccc3[nH]1)c1cc(F)ccc1O)C2. The molecule has 2 aliphatic rings. The average Bonchev–Trinajstić information content (AvgIpc) is 3.57.